The molecule has 6 nitrogen and oxygen atoms in total. The molecule has 0 aliphatic carbocycles. The van der Waals surface area contributed by atoms with E-state index in [1.165, 1.54) is 5.69 Å². The Morgan fingerprint density at radius 2 is 1.84 bits per heavy atom. The number of hydrogen-bond acceptors (Lipinski definition) is 5. The highest BCUT2D eigenvalue weighted by Crippen LogP contribution is 2.29. The molecule has 0 atom stereocenters. The highest BCUT2D eigenvalue weighted by molar-refractivity contribution is 5.91. The molecule has 1 fully saturated rings. The van der Waals surface area contributed by atoms with E-state index in [1.807, 2.05) is 25.2 Å². The second-order valence-corrected chi connectivity index (χ2v) is 8.41. The van der Waals surface area contributed by atoms with Crippen LogP contribution in [0.15, 0.2) is 48.5 Å². The van der Waals surface area contributed by atoms with Crippen molar-refractivity contribution < 1.29 is 19.0 Å². The molecule has 0 unspecified atom stereocenters. The van der Waals surface area contributed by atoms with Crippen LogP contribution < -0.4 is 14.4 Å². The molecule has 1 aliphatic rings. The number of amides is 1. The molecule has 2 aromatic carbocycles. The Morgan fingerprint density at radius 3 is 2.50 bits per heavy atom. The average Bonchev–Trinajstić information content (AvgIpc) is 2.82. The number of benzene rings is 2. The summed E-state index contributed by atoms with van der Waals surface area (Å²) in [6, 6.07) is 14.1. The summed E-state index contributed by atoms with van der Waals surface area (Å²) in [6.07, 6.45) is 3.39. The zero-order chi connectivity index (χ0) is 22.9. The summed E-state index contributed by atoms with van der Waals surface area (Å²) in [5, 5.41) is 0. The highest BCUT2D eigenvalue weighted by Gasteiger charge is 2.12. The number of morpholine rings is 1. The quantitative estimate of drug-likeness (QED) is 0.548. The first-order valence-electron chi connectivity index (χ1n) is 11.1. The molecule has 6 heteroatoms. The molecule has 3 rings (SSSR count). The Hall–Kier alpha value is -2.99. The van der Waals surface area contributed by atoms with Crippen molar-refractivity contribution in [3.63, 3.8) is 0 Å². The second-order valence-electron chi connectivity index (χ2n) is 8.41. The summed E-state index contributed by atoms with van der Waals surface area (Å²) in [6.45, 7) is 8.75. The molecule has 0 saturated carbocycles. The molecule has 0 aromatic heterocycles. The summed E-state index contributed by atoms with van der Waals surface area (Å²) >= 11 is 0. The number of nitrogens with zero attached hydrogens (tertiary/aromatic N) is 2. The van der Waals surface area contributed by atoms with Crippen molar-refractivity contribution in [1.29, 1.82) is 0 Å². The van der Waals surface area contributed by atoms with Gasteiger partial charge in [-0.1, -0.05) is 32.0 Å². The lowest BCUT2D eigenvalue weighted by molar-refractivity contribution is -0.125. The van der Waals surface area contributed by atoms with Gasteiger partial charge in [0.1, 0.15) is 0 Å². The van der Waals surface area contributed by atoms with E-state index in [0.717, 1.165) is 37.4 Å². The number of likely N-dealkylation sites (N-methyl/N-ethyl adjacent to an activating group) is 1. The molecule has 32 heavy (non-hydrogen) atoms. The van der Waals surface area contributed by atoms with Gasteiger partial charge in [0.05, 0.1) is 26.9 Å². The molecule has 0 radical (unpaired) electrons. The van der Waals surface area contributed by atoms with E-state index >= 15 is 0 Å². The van der Waals surface area contributed by atoms with Gasteiger partial charge in [0.15, 0.2) is 11.5 Å². The molecular formula is C26H34N2O4. The van der Waals surface area contributed by atoms with Crippen LogP contribution >= 0.6 is 0 Å². The van der Waals surface area contributed by atoms with Gasteiger partial charge in [-0.15, -0.1) is 0 Å². The third-order valence-corrected chi connectivity index (χ3v) is 5.29. The molecule has 1 saturated heterocycles. The van der Waals surface area contributed by atoms with Crippen LogP contribution in [0.3, 0.4) is 0 Å². The third-order valence-electron chi connectivity index (χ3n) is 5.29. The van der Waals surface area contributed by atoms with Gasteiger partial charge in [0, 0.05) is 38.4 Å². The van der Waals surface area contributed by atoms with Crippen molar-refractivity contribution in [1.82, 2.24) is 4.90 Å². The Kier molecular flexibility index (Phi) is 8.56. The van der Waals surface area contributed by atoms with Crippen LogP contribution in [0.1, 0.15) is 25.0 Å². The summed E-state index contributed by atoms with van der Waals surface area (Å²) < 4.78 is 16.6. The lowest BCUT2D eigenvalue weighted by Crippen LogP contribution is -2.36. The maximum Gasteiger partial charge on any atom is 0.246 e. The van der Waals surface area contributed by atoms with Crippen LogP contribution in [0.5, 0.6) is 11.5 Å². The summed E-state index contributed by atoms with van der Waals surface area (Å²) in [5.74, 6) is 1.75. The van der Waals surface area contributed by atoms with E-state index in [-0.39, 0.29) is 5.91 Å². The third kappa shape index (κ3) is 6.76. The number of anilines is 1. The molecule has 0 bridgehead atoms. The van der Waals surface area contributed by atoms with Crippen molar-refractivity contribution in [3.8, 4) is 11.5 Å². The first kappa shape index (κ1) is 23.7. The molecule has 172 valence electrons. The summed E-state index contributed by atoms with van der Waals surface area (Å²) in [5.41, 5.74) is 3.18. The van der Waals surface area contributed by atoms with Crippen LogP contribution in [0.2, 0.25) is 0 Å². The van der Waals surface area contributed by atoms with Gasteiger partial charge in [-0.3, -0.25) is 4.79 Å². The number of methoxy groups -OCH3 is 1. The molecule has 1 amide bonds. The first-order chi connectivity index (χ1) is 15.5. The Morgan fingerprint density at radius 1 is 1.12 bits per heavy atom. The zero-order valence-corrected chi connectivity index (χ0v) is 19.5. The van der Waals surface area contributed by atoms with Gasteiger partial charge < -0.3 is 24.0 Å². The fourth-order valence-electron chi connectivity index (χ4n) is 3.44. The Bertz CT molecular complexity index is 903. The van der Waals surface area contributed by atoms with Gasteiger partial charge in [-0.25, -0.2) is 0 Å². The number of rotatable bonds is 9. The number of ether oxygens (including phenoxy) is 3. The molecular weight excluding hydrogens is 404 g/mol. The predicted molar refractivity (Wildman–Crippen MR) is 128 cm³/mol. The lowest BCUT2D eigenvalue weighted by Gasteiger charge is -2.29. The van der Waals surface area contributed by atoms with E-state index in [1.54, 1.807) is 24.2 Å². The molecule has 1 heterocycles. The van der Waals surface area contributed by atoms with Crippen LogP contribution in [0.4, 0.5) is 5.69 Å². The van der Waals surface area contributed by atoms with Crippen LogP contribution in [-0.2, 0) is 16.1 Å². The van der Waals surface area contributed by atoms with E-state index in [0.29, 0.717) is 30.6 Å². The van der Waals surface area contributed by atoms with E-state index < -0.39 is 0 Å². The number of carbonyl (C=O) groups is 1. The topological polar surface area (TPSA) is 51.2 Å². The van der Waals surface area contributed by atoms with E-state index in [9.17, 15) is 4.79 Å². The van der Waals surface area contributed by atoms with Crippen LogP contribution in [-0.4, -0.2) is 57.9 Å². The second kappa shape index (κ2) is 11.6. The van der Waals surface area contributed by atoms with Gasteiger partial charge in [0.2, 0.25) is 5.91 Å². The van der Waals surface area contributed by atoms with Crippen molar-refractivity contribution in [2.75, 3.05) is 52.0 Å². The Balaban J connectivity index is 1.56. The van der Waals surface area contributed by atoms with E-state index in [4.69, 9.17) is 14.2 Å². The minimum absolute atomic E-state index is 0.0543. The van der Waals surface area contributed by atoms with Crippen molar-refractivity contribution >= 4 is 17.7 Å². The van der Waals surface area contributed by atoms with Crippen molar-refractivity contribution in [2.24, 2.45) is 5.92 Å². The average molecular weight is 439 g/mol. The summed E-state index contributed by atoms with van der Waals surface area (Å²) in [7, 11) is 3.43. The first-order valence-corrected chi connectivity index (χ1v) is 11.1. The number of hydrogen-bond donors (Lipinski definition) is 0. The number of carbonyl (C=O) groups excluding carboxylic acids is 1. The fourth-order valence-corrected chi connectivity index (χ4v) is 3.44. The Labute approximate surface area is 191 Å². The van der Waals surface area contributed by atoms with Crippen LogP contribution in [0.25, 0.3) is 6.08 Å². The molecule has 2 aromatic rings. The zero-order valence-electron chi connectivity index (χ0n) is 19.5. The maximum absolute atomic E-state index is 12.6. The van der Waals surface area contributed by atoms with Gasteiger partial charge in [-0.2, -0.15) is 0 Å². The minimum Gasteiger partial charge on any atom is -0.493 e. The molecule has 0 spiro atoms. The maximum atomic E-state index is 12.6. The van der Waals surface area contributed by atoms with Crippen LogP contribution in [0, 0.1) is 5.92 Å². The predicted octanol–water partition coefficient (Wildman–Crippen LogP) is 4.24. The standard InChI is InChI=1S/C26H34N2O4/c1-20(2)19-32-24-11-7-21(17-25(24)30-4)8-12-26(29)27(3)18-22-5-9-23(10-6-22)28-13-15-31-16-14-28/h5-12,17,20H,13-16,18-19H2,1-4H3/b12-8+. The van der Waals surface area contributed by atoms with Crippen molar-refractivity contribution in [3.05, 3.63) is 59.7 Å². The molecule has 1 aliphatic heterocycles. The summed E-state index contributed by atoms with van der Waals surface area (Å²) in [4.78, 5) is 16.6. The molecule has 0 N–H and O–H groups in total. The van der Waals surface area contributed by atoms with Gasteiger partial charge >= 0.3 is 0 Å². The SMILES string of the molecule is COc1cc(/C=C/C(=O)N(C)Cc2ccc(N3CCOCC3)cc2)ccc1OCC(C)C. The van der Waals surface area contributed by atoms with E-state index in [2.05, 4.69) is 43.0 Å². The fraction of sp³-hybridized carbons (Fsp3) is 0.423. The van der Waals surface area contributed by atoms with Gasteiger partial charge in [-0.05, 0) is 47.4 Å². The highest BCUT2D eigenvalue weighted by atomic mass is 16.5. The van der Waals surface area contributed by atoms with Gasteiger partial charge in [0.25, 0.3) is 0 Å². The smallest absolute Gasteiger partial charge is 0.246 e. The minimum atomic E-state index is -0.0543. The monoisotopic (exact) mass is 438 g/mol. The lowest BCUT2D eigenvalue weighted by atomic mass is 10.1. The normalized spacial score (nSPS) is 14.1. The van der Waals surface area contributed by atoms with Crippen molar-refractivity contribution in [2.45, 2.75) is 20.4 Å². The largest absolute Gasteiger partial charge is 0.493 e.